The van der Waals surface area contributed by atoms with Crippen LogP contribution in [0.2, 0.25) is 0 Å². The van der Waals surface area contributed by atoms with Gasteiger partial charge in [-0.3, -0.25) is 4.90 Å². The van der Waals surface area contributed by atoms with Gasteiger partial charge in [-0.25, -0.2) is 0 Å². The molecule has 0 aromatic heterocycles. The highest BCUT2D eigenvalue weighted by atomic mass is 35.5. The molecule has 0 radical (unpaired) electrons. The number of rotatable bonds is 6. The number of aliphatic hydroxyl groups excluding tert-OH is 4. The molecule has 0 bridgehead atoms. The number of aliphatic hydroxyl groups is 4. The first kappa shape index (κ1) is 19.6. The maximum atomic E-state index is 9.77. The van der Waals surface area contributed by atoms with Gasteiger partial charge in [0.15, 0.2) is 6.29 Å². The lowest BCUT2D eigenvalue weighted by atomic mass is 9.98. The Kier molecular flexibility index (Phi) is 9.86. The molecular weight excluding hydrogens is 320 g/mol. The number of alkyl halides is 2. The van der Waals surface area contributed by atoms with Crippen LogP contribution in [0.25, 0.3) is 0 Å². The summed E-state index contributed by atoms with van der Waals surface area (Å²) in [5, 5.41) is 38.1. The van der Waals surface area contributed by atoms with Crippen molar-refractivity contribution in [2.75, 3.05) is 31.4 Å². The van der Waals surface area contributed by atoms with Gasteiger partial charge in [0.2, 0.25) is 0 Å². The Labute approximate surface area is 128 Å². The number of nitrogens with zero attached hydrogens (tertiary/aromatic N) is 1. The minimum absolute atomic E-state index is 0. The fraction of sp³-hybridized carbons (Fsp3) is 1.00. The lowest BCUT2D eigenvalue weighted by molar-refractivity contribution is -0.283. The predicted octanol–water partition coefficient (Wildman–Crippen LogP) is -1.01. The zero-order chi connectivity index (χ0) is 13.7. The molecule has 4 N–H and O–H groups in total. The van der Waals surface area contributed by atoms with Gasteiger partial charge >= 0.3 is 0 Å². The van der Waals surface area contributed by atoms with E-state index < -0.39 is 30.7 Å². The predicted molar refractivity (Wildman–Crippen MR) is 74.0 cm³/mol. The van der Waals surface area contributed by atoms with Crippen LogP contribution >= 0.6 is 35.6 Å². The van der Waals surface area contributed by atoms with Crippen molar-refractivity contribution in [3.05, 3.63) is 0 Å². The first-order valence-electron chi connectivity index (χ1n) is 5.73. The topological polar surface area (TPSA) is 93.4 Å². The Morgan fingerprint density at radius 1 is 0.895 bits per heavy atom. The quantitative estimate of drug-likeness (QED) is 0.463. The summed E-state index contributed by atoms with van der Waals surface area (Å²) < 4.78 is 5.07. The van der Waals surface area contributed by atoms with Crippen LogP contribution in [0.4, 0.5) is 0 Å². The van der Waals surface area contributed by atoms with Crippen molar-refractivity contribution in [1.29, 1.82) is 0 Å². The molecule has 116 valence electrons. The first-order chi connectivity index (χ1) is 8.51. The lowest BCUT2D eigenvalue weighted by Crippen LogP contribution is -2.60. The van der Waals surface area contributed by atoms with E-state index in [-0.39, 0.29) is 19.0 Å². The fourth-order valence-corrected chi connectivity index (χ4v) is 2.35. The Bertz CT molecular complexity index is 245. The fourth-order valence-electron chi connectivity index (χ4n) is 1.87. The SMILES string of the molecule is Cl.O[C@@H]1[C@@H](O)[C@@H](O)O[C@H](CN(CCCl)CCCl)[C@@H]1O. The molecule has 5 atom stereocenters. The van der Waals surface area contributed by atoms with Crippen molar-refractivity contribution < 1.29 is 25.2 Å². The van der Waals surface area contributed by atoms with Gasteiger partial charge < -0.3 is 25.2 Å². The van der Waals surface area contributed by atoms with Crippen LogP contribution in [0.1, 0.15) is 0 Å². The molecule has 9 heteroatoms. The first-order valence-corrected chi connectivity index (χ1v) is 6.80. The van der Waals surface area contributed by atoms with Crippen LogP contribution in [-0.4, -0.2) is 87.4 Å². The van der Waals surface area contributed by atoms with Gasteiger partial charge in [0.25, 0.3) is 0 Å². The van der Waals surface area contributed by atoms with Gasteiger partial charge in [-0.15, -0.1) is 35.6 Å². The summed E-state index contributed by atoms with van der Waals surface area (Å²) in [6.07, 6.45) is -6.53. The molecular formula is C10H20Cl3NO5. The molecule has 0 aliphatic carbocycles. The van der Waals surface area contributed by atoms with Crippen LogP contribution in [0.15, 0.2) is 0 Å². The lowest BCUT2D eigenvalue weighted by Gasteiger charge is -2.40. The summed E-state index contributed by atoms with van der Waals surface area (Å²) in [4.78, 5) is 1.85. The Morgan fingerprint density at radius 2 is 1.42 bits per heavy atom. The van der Waals surface area contributed by atoms with Gasteiger partial charge in [0, 0.05) is 31.4 Å². The van der Waals surface area contributed by atoms with Crippen LogP contribution in [0.5, 0.6) is 0 Å². The molecule has 0 amide bonds. The highest BCUT2D eigenvalue weighted by Gasteiger charge is 2.43. The van der Waals surface area contributed by atoms with E-state index in [0.717, 1.165) is 0 Å². The average molecular weight is 341 g/mol. The van der Waals surface area contributed by atoms with Gasteiger partial charge in [0.1, 0.15) is 24.4 Å². The van der Waals surface area contributed by atoms with E-state index in [2.05, 4.69) is 0 Å². The average Bonchev–Trinajstić information content (AvgIpc) is 2.34. The van der Waals surface area contributed by atoms with Crippen molar-refractivity contribution in [2.24, 2.45) is 0 Å². The molecule has 1 saturated heterocycles. The smallest absolute Gasteiger partial charge is 0.184 e. The molecule has 1 aliphatic heterocycles. The molecule has 6 nitrogen and oxygen atoms in total. The summed E-state index contributed by atoms with van der Waals surface area (Å²) in [6, 6.07) is 0. The molecule has 1 heterocycles. The van der Waals surface area contributed by atoms with E-state index in [0.29, 0.717) is 24.8 Å². The molecule has 0 unspecified atom stereocenters. The summed E-state index contributed by atoms with van der Waals surface area (Å²) >= 11 is 11.3. The summed E-state index contributed by atoms with van der Waals surface area (Å²) in [5.74, 6) is 0.793. The molecule has 1 aliphatic rings. The van der Waals surface area contributed by atoms with Crippen LogP contribution in [0.3, 0.4) is 0 Å². The van der Waals surface area contributed by atoms with Crippen molar-refractivity contribution in [3.63, 3.8) is 0 Å². The van der Waals surface area contributed by atoms with E-state index in [4.69, 9.17) is 27.9 Å². The largest absolute Gasteiger partial charge is 0.388 e. The summed E-state index contributed by atoms with van der Waals surface area (Å²) in [6.45, 7) is 1.37. The molecule has 19 heavy (non-hydrogen) atoms. The van der Waals surface area contributed by atoms with Gasteiger partial charge in [0.05, 0.1) is 0 Å². The summed E-state index contributed by atoms with van der Waals surface area (Å²) in [5.41, 5.74) is 0. The number of ether oxygens (including phenoxy) is 1. The van der Waals surface area contributed by atoms with Crippen molar-refractivity contribution >= 4 is 35.6 Å². The molecule has 0 saturated carbocycles. The zero-order valence-corrected chi connectivity index (χ0v) is 12.6. The van der Waals surface area contributed by atoms with Gasteiger partial charge in [-0.2, -0.15) is 0 Å². The highest BCUT2D eigenvalue weighted by Crippen LogP contribution is 2.20. The summed E-state index contributed by atoms with van der Waals surface area (Å²) in [7, 11) is 0. The molecule has 1 rings (SSSR count). The van der Waals surface area contributed by atoms with Gasteiger partial charge in [-0.05, 0) is 0 Å². The Morgan fingerprint density at radius 3 is 1.89 bits per heavy atom. The normalized spacial score (nSPS) is 35.2. The standard InChI is InChI=1S/C10H19Cl2NO5.ClH/c11-1-3-13(4-2-12)5-6-7(14)8(15)9(16)10(17)18-6;/h6-10,14-17H,1-5H2;1H/t6-,7+,8+,9-,10+;/m1./s1. The van der Waals surface area contributed by atoms with Crippen LogP contribution < -0.4 is 0 Å². The number of hydrogen-bond donors (Lipinski definition) is 4. The number of hydrogen-bond acceptors (Lipinski definition) is 6. The molecule has 0 aromatic carbocycles. The van der Waals surface area contributed by atoms with Crippen molar-refractivity contribution in [1.82, 2.24) is 4.90 Å². The van der Waals surface area contributed by atoms with Crippen molar-refractivity contribution in [2.45, 2.75) is 30.7 Å². The van der Waals surface area contributed by atoms with Crippen molar-refractivity contribution in [3.8, 4) is 0 Å². The highest BCUT2D eigenvalue weighted by molar-refractivity contribution is 6.18. The molecule has 0 aromatic rings. The van der Waals surface area contributed by atoms with Crippen LogP contribution in [-0.2, 0) is 4.74 Å². The van der Waals surface area contributed by atoms with E-state index in [1.807, 2.05) is 4.90 Å². The maximum Gasteiger partial charge on any atom is 0.184 e. The Balaban J connectivity index is 0.00000324. The second-order valence-corrected chi connectivity index (χ2v) is 4.97. The molecule has 0 spiro atoms. The molecule has 1 fully saturated rings. The van der Waals surface area contributed by atoms with E-state index in [1.54, 1.807) is 0 Å². The number of halogens is 3. The minimum Gasteiger partial charge on any atom is -0.388 e. The third-order valence-electron chi connectivity index (χ3n) is 2.93. The Hall–Kier alpha value is 0.630. The van der Waals surface area contributed by atoms with Gasteiger partial charge in [-0.1, -0.05) is 0 Å². The third-order valence-corrected chi connectivity index (χ3v) is 3.26. The van der Waals surface area contributed by atoms with E-state index >= 15 is 0 Å². The third kappa shape index (κ3) is 5.49. The zero-order valence-electron chi connectivity index (χ0n) is 10.2. The monoisotopic (exact) mass is 339 g/mol. The maximum absolute atomic E-state index is 9.77. The second kappa shape index (κ2) is 9.55. The second-order valence-electron chi connectivity index (χ2n) is 4.22. The van der Waals surface area contributed by atoms with E-state index in [9.17, 15) is 20.4 Å². The van der Waals surface area contributed by atoms with Crippen LogP contribution in [0, 0.1) is 0 Å². The van der Waals surface area contributed by atoms with E-state index in [1.165, 1.54) is 0 Å². The minimum atomic E-state index is -1.51.